The molecule has 6 heteroatoms. The van der Waals surface area contributed by atoms with Crippen molar-refractivity contribution in [2.75, 3.05) is 19.6 Å². The van der Waals surface area contributed by atoms with Gasteiger partial charge < -0.3 is 10.6 Å². The lowest BCUT2D eigenvalue weighted by atomic mass is 10.1. The maximum absolute atomic E-state index is 13.6. The Bertz CT molecular complexity index is 624. The Balaban J connectivity index is 1.80. The summed E-state index contributed by atoms with van der Waals surface area (Å²) in [6, 6.07) is 8.79. The Morgan fingerprint density at radius 2 is 2.12 bits per heavy atom. The zero-order valence-corrected chi connectivity index (χ0v) is 14.4. The third kappa shape index (κ3) is 6.02. The van der Waals surface area contributed by atoms with Gasteiger partial charge in [0.15, 0.2) is 5.96 Å². The van der Waals surface area contributed by atoms with E-state index in [-0.39, 0.29) is 5.82 Å². The standard InChI is InChI=1S/C18H26FN5/c1-3-20-18(21-11-9-16-7-4-5-8-17(16)19)22-13-15(2)14-24-12-6-10-23-24/h4-8,10,12,15H,3,9,11,13-14H2,1-2H3,(H2,20,21,22). The molecule has 1 atom stereocenters. The first-order chi connectivity index (χ1) is 11.7. The van der Waals surface area contributed by atoms with Gasteiger partial charge >= 0.3 is 0 Å². The van der Waals surface area contributed by atoms with Crippen LogP contribution in [0.1, 0.15) is 19.4 Å². The van der Waals surface area contributed by atoms with Crippen LogP contribution in [0.4, 0.5) is 4.39 Å². The Morgan fingerprint density at radius 3 is 2.83 bits per heavy atom. The van der Waals surface area contributed by atoms with E-state index in [1.54, 1.807) is 12.3 Å². The Labute approximate surface area is 143 Å². The summed E-state index contributed by atoms with van der Waals surface area (Å²) in [5, 5.41) is 10.7. The van der Waals surface area contributed by atoms with Crippen molar-refractivity contribution in [3.63, 3.8) is 0 Å². The van der Waals surface area contributed by atoms with Crippen LogP contribution in [-0.4, -0.2) is 35.4 Å². The molecular formula is C18H26FN5. The molecule has 2 N–H and O–H groups in total. The lowest BCUT2D eigenvalue weighted by molar-refractivity contribution is 0.458. The lowest BCUT2D eigenvalue weighted by Gasteiger charge is -2.14. The van der Waals surface area contributed by atoms with Crippen LogP contribution in [0.2, 0.25) is 0 Å². The summed E-state index contributed by atoms with van der Waals surface area (Å²) in [6.45, 7) is 7.15. The average molecular weight is 331 g/mol. The first-order valence-corrected chi connectivity index (χ1v) is 8.42. The van der Waals surface area contributed by atoms with E-state index in [4.69, 9.17) is 0 Å². The first-order valence-electron chi connectivity index (χ1n) is 8.42. The quantitative estimate of drug-likeness (QED) is 0.577. The van der Waals surface area contributed by atoms with Gasteiger partial charge in [-0.2, -0.15) is 5.10 Å². The number of rotatable bonds is 8. The van der Waals surface area contributed by atoms with Crippen LogP contribution in [0.25, 0.3) is 0 Å². The number of nitrogens with one attached hydrogen (secondary N) is 2. The molecule has 0 saturated heterocycles. The Kier molecular flexibility index (Phi) is 7.26. The highest BCUT2D eigenvalue weighted by Crippen LogP contribution is 2.06. The third-order valence-electron chi connectivity index (χ3n) is 3.61. The Morgan fingerprint density at radius 1 is 1.29 bits per heavy atom. The molecule has 2 aromatic rings. The fraction of sp³-hybridized carbons (Fsp3) is 0.444. The van der Waals surface area contributed by atoms with Crippen molar-refractivity contribution in [1.82, 2.24) is 20.4 Å². The summed E-state index contributed by atoms with van der Waals surface area (Å²) in [5.41, 5.74) is 0.716. The largest absolute Gasteiger partial charge is 0.357 e. The molecule has 1 unspecified atom stereocenters. The molecule has 0 aliphatic rings. The minimum atomic E-state index is -0.158. The third-order valence-corrected chi connectivity index (χ3v) is 3.61. The fourth-order valence-corrected chi connectivity index (χ4v) is 2.39. The molecule has 0 radical (unpaired) electrons. The second-order valence-electron chi connectivity index (χ2n) is 5.82. The molecule has 0 spiro atoms. The molecule has 1 heterocycles. The van der Waals surface area contributed by atoms with Gasteiger partial charge in [0.25, 0.3) is 0 Å². The van der Waals surface area contributed by atoms with Gasteiger partial charge in [-0.05, 0) is 37.0 Å². The van der Waals surface area contributed by atoms with Gasteiger partial charge in [-0.3, -0.25) is 9.67 Å². The molecule has 0 saturated carbocycles. The van der Waals surface area contributed by atoms with E-state index in [0.29, 0.717) is 31.0 Å². The van der Waals surface area contributed by atoms with Crippen molar-refractivity contribution in [1.29, 1.82) is 0 Å². The SMILES string of the molecule is CCNC(=NCC(C)Cn1cccn1)NCCc1ccccc1F. The van der Waals surface area contributed by atoms with E-state index in [2.05, 4.69) is 27.6 Å². The highest BCUT2D eigenvalue weighted by atomic mass is 19.1. The van der Waals surface area contributed by atoms with Gasteiger partial charge in [-0.25, -0.2) is 4.39 Å². The maximum Gasteiger partial charge on any atom is 0.191 e. The van der Waals surface area contributed by atoms with Crippen LogP contribution in [0.3, 0.4) is 0 Å². The second kappa shape index (κ2) is 9.70. The van der Waals surface area contributed by atoms with Crippen molar-refractivity contribution in [2.45, 2.75) is 26.8 Å². The number of nitrogens with zero attached hydrogens (tertiary/aromatic N) is 3. The molecule has 0 aliphatic heterocycles. The highest BCUT2D eigenvalue weighted by Gasteiger charge is 2.05. The van der Waals surface area contributed by atoms with E-state index in [1.807, 2.05) is 36.0 Å². The molecular weight excluding hydrogens is 305 g/mol. The molecule has 24 heavy (non-hydrogen) atoms. The van der Waals surface area contributed by atoms with Crippen molar-refractivity contribution in [3.8, 4) is 0 Å². The molecule has 130 valence electrons. The van der Waals surface area contributed by atoms with E-state index >= 15 is 0 Å². The van der Waals surface area contributed by atoms with Gasteiger partial charge in [-0.1, -0.05) is 25.1 Å². The summed E-state index contributed by atoms with van der Waals surface area (Å²) in [5.74, 6) is 0.988. The van der Waals surface area contributed by atoms with E-state index < -0.39 is 0 Å². The normalized spacial score (nSPS) is 12.9. The van der Waals surface area contributed by atoms with Gasteiger partial charge in [0, 0.05) is 38.6 Å². The zero-order valence-electron chi connectivity index (χ0n) is 14.4. The number of aromatic nitrogens is 2. The van der Waals surface area contributed by atoms with Gasteiger partial charge in [-0.15, -0.1) is 0 Å². The highest BCUT2D eigenvalue weighted by molar-refractivity contribution is 5.79. The van der Waals surface area contributed by atoms with Crippen LogP contribution >= 0.6 is 0 Å². The van der Waals surface area contributed by atoms with Crippen molar-refractivity contribution in [2.24, 2.45) is 10.9 Å². The average Bonchev–Trinajstić information content (AvgIpc) is 3.07. The maximum atomic E-state index is 13.6. The molecule has 0 amide bonds. The topological polar surface area (TPSA) is 54.2 Å². The number of hydrogen-bond donors (Lipinski definition) is 2. The lowest BCUT2D eigenvalue weighted by Crippen LogP contribution is -2.38. The number of guanidine groups is 1. The van der Waals surface area contributed by atoms with Gasteiger partial charge in [0.1, 0.15) is 5.82 Å². The first kappa shape index (κ1) is 18.0. The van der Waals surface area contributed by atoms with Crippen molar-refractivity contribution in [3.05, 3.63) is 54.1 Å². The zero-order chi connectivity index (χ0) is 17.2. The second-order valence-corrected chi connectivity index (χ2v) is 5.82. The van der Waals surface area contributed by atoms with Gasteiger partial charge in [0.05, 0.1) is 0 Å². The monoisotopic (exact) mass is 331 g/mol. The molecule has 0 fully saturated rings. The number of halogens is 1. The summed E-state index contributed by atoms with van der Waals surface area (Å²) in [6.07, 6.45) is 4.36. The number of hydrogen-bond acceptors (Lipinski definition) is 2. The van der Waals surface area contributed by atoms with Crippen LogP contribution in [0, 0.1) is 11.7 Å². The van der Waals surface area contributed by atoms with E-state index in [0.717, 1.165) is 19.0 Å². The molecule has 0 bridgehead atoms. The molecule has 5 nitrogen and oxygen atoms in total. The molecule has 1 aromatic heterocycles. The van der Waals surface area contributed by atoms with E-state index in [1.165, 1.54) is 6.07 Å². The predicted octanol–water partition coefficient (Wildman–Crippen LogP) is 2.46. The van der Waals surface area contributed by atoms with Crippen molar-refractivity contribution < 1.29 is 4.39 Å². The Hall–Kier alpha value is -2.37. The van der Waals surface area contributed by atoms with Crippen LogP contribution in [0.15, 0.2) is 47.7 Å². The number of benzene rings is 1. The summed E-state index contributed by atoms with van der Waals surface area (Å²) in [4.78, 5) is 4.61. The van der Waals surface area contributed by atoms with Crippen LogP contribution in [0.5, 0.6) is 0 Å². The minimum absolute atomic E-state index is 0.158. The molecule has 0 aliphatic carbocycles. The van der Waals surface area contributed by atoms with Crippen LogP contribution < -0.4 is 10.6 Å². The number of aliphatic imine (C=N–C) groups is 1. The summed E-state index contributed by atoms with van der Waals surface area (Å²) < 4.78 is 15.5. The van der Waals surface area contributed by atoms with Crippen LogP contribution in [-0.2, 0) is 13.0 Å². The summed E-state index contributed by atoms with van der Waals surface area (Å²) >= 11 is 0. The fourth-order valence-electron chi connectivity index (χ4n) is 2.39. The van der Waals surface area contributed by atoms with Gasteiger partial charge in [0.2, 0.25) is 0 Å². The predicted molar refractivity (Wildman–Crippen MR) is 95.5 cm³/mol. The molecule has 2 rings (SSSR count). The minimum Gasteiger partial charge on any atom is -0.357 e. The van der Waals surface area contributed by atoms with E-state index in [9.17, 15) is 4.39 Å². The summed E-state index contributed by atoms with van der Waals surface area (Å²) in [7, 11) is 0. The smallest absolute Gasteiger partial charge is 0.191 e. The van der Waals surface area contributed by atoms with Crippen molar-refractivity contribution >= 4 is 5.96 Å². The molecule has 1 aromatic carbocycles.